The SMILES string of the molecule is O=C(C=CC(=O)Oc1ccc2[nH]cc(CCNC(c3ccccc3)(c3ccccc3)c3ccccc3)c2c1)Oc1ccc2[nH]cc(CCNC(c3ccccc3)(c3ccccc3)c3ccccc3)c2c1. The predicted molar refractivity (Wildman–Crippen MR) is 279 cm³/mol. The molecule has 0 aliphatic carbocycles. The molecule has 0 unspecified atom stereocenters. The number of hydrogen-bond acceptors (Lipinski definition) is 6. The maximum atomic E-state index is 13.1. The molecule has 2 heterocycles. The fraction of sp³-hybridized carbons (Fsp3) is 0.0968. The van der Waals surface area contributed by atoms with Crippen LogP contribution in [0.25, 0.3) is 21.8 Å². The molecular formula is C62H52N4O4. The second-order valence-corrected chi connectivity index (χ2v) is 17.3. The van der Waals surface area contributed by atoms with Gasteiger partial charge in [0.15, 0.2) is 0 Å². The van der Waals surface area contributed by atoms with Crippen molar-refractivity contribution < 1.29 is 19.1 Å². The molecule has 0 aliphatic rings. The van der Waals surface area contributed by atoms with E-state index in [0.29, 0.717) is 37.4 Å². The van der Waals surface area contributed by atoms with Crippen LogP contribution in [0.4, 0.5) is 0 Å². The Labute approximate surface area is 407 Å². The van der Waals surface area contributed by atoms with Gasteiger partial charge in [0.25, 0.3) is 0 Å². The number of carbonyl (C=O) groups excluding carboxylic acids is 2. The molecule has 10 aromatic rings. The van der Waals surface area contributed by atoms with Crippen LogP contribution >= 0.6 is 0 Å². The van der Waals surface area contributed by atoms with Gasteiger partial charge in [0, 0.05) is 59.4 Å². The molecule has 70 heavy (non-hydrogen) atoms. The number of H-pyrrole nitrogens is 2. The van der Waals surface area contributed by atoms with Crippen LogP contribution in [-0.4, -0.2) is 35.0 Å². The number of ether oxygens (including phenoxy) is 2. The summed E-state index contributed by atoms with van der Waals surface area (Å²) < 4.78 is 11.4. The van der Waals surface area contributed by atoms with E-state index in [4.69, 9.17) is 9.47 Å². The third-order valence-corrected chi connectivity index (χ3v) is 13.1. The molecule has 0 aliphatic heterocycles. The Morgan fingerprint density at radius 1 is 0.400 bits per heavy atom. The van der Waals surface area contributed by atoms with Crippen molar-refractivity contribution in [2.24, 2.45) is 0 Å². The third-order valence-electron chi connectivity index (χ3n) is 13.1. The topological polar surface area (TPSA) is 108 Å². The molecule has 2 aromatic heterocycles. The summed E-state index contributed by atoms with van der Waals surface area (Å²) in [7, 11) is 0. The van der Waals surface area contributed by atoms with Crippen LogP contribution in [-0.2, 0) is 33.5 Å². The molecule has 0 amide bonds. The molecule has 8 heteroatoms. The number of aromatic nitrogens is 2. The smallest absolute Gasteiger partial charge is 0.336 e. The minimum atomic E-state index is -0.693. The molecule has 8 nitrogen and oxygen atoms in total. The number of rotatable bonds is 18. The van der Waals surface area contributed by atoms with Crippen molar-refractivity contribution in [1.82, 2.24) is 20.6 Å². The lowest BCUT2D eigenvalue weighted by atomic mass is 9.77. The largest absolute Gasteiger partial charge is 0.423 e. The summed E-state index contributed by atoms with van der Waals surface area (Å²) in [5, 5.41) is 9.80. The Kier molecular flexibility index (Phi) is 13.4. The highest BCUT2D eigenvalue weighted by Crippen LogP contribution is 2.39. The minimum Gasteiger partial charge on any atom is -0.423 e. The van der Waals surface area contributed by atoms with E-state index in [0.717, 1.165) is 78.5 Å². The van der Waals surface area contributed by atoms with E-state index in [2.05, 4.69) is 166 Å². The number of esters is 2. The van der Waals surface area contributed by atoms with Gasteiger partial charge in [0.2, 0.25) is 0 Å². The molecule has 0 fully saturated rings. The molecule has 0 atom stereocenters. The molecule has 0 saturated heterocycles. The summed E-state index contributed by atoms with van der Waals surface area (Å²) >= 11 is 0. The highest BCUT2D eigenvalue weighted by molar-refractivity contribution is 5.94. The Balaban J connectivity index is 0.793. The standard InChI is InChI=1S/C62H52N4O4/c67-59(69-53-31-33-57-55(41-53)45(43-63-57)37-39-65-61(47-19-7-1-8-20-47,48-21-9-2-10-22-48)49-23-11-3-12-24-49)35-36-60(68)70-54-32-34-58-56(42-54)46(44-64-58)38-40-66-62(50-25-13-4-14-26-50,51-27-15-5-16-28-51)52-29-17-6-18-30-52/h1-36,41-44,63-66H,37-40H2. The first-order valence-corrected chi connectivity index (χ1v) is 23.6. The van der Waals surface area contributed by atoms with Gasteiger partial charge in [-0.05, 0) is 93.7 Å². The van der Waals surface area contributed by atoms with Gasteiger partial charge in [-0.1, -0.05) is 182 Å². The maximum Gasteiger partial charge on any atom is 0.336 e. The zero-order valence-corrected chi connectivity index (χ0v) is 38.6. The lowest BCUT2D eigenvalue weighted by molar-refractivity contribution is -0.131. The summed E-state index contributed by atoms with van der Waals surface area (Å²) in [6, 6.07) is 74.1. The van der Waals surface area contributed by atoms with E-state index < -0.39 is 23.0 Å². The Morgan fingerprint density at radius 3 is 0.971 bits per heavy atom. The summed E-state index contributed by atoms with van der Waals surface area (Å²) in [6.45, 7) is 1.30. The number of nitrogens with one attached hydrogen (secondary N) is 4. The van der Waals surface area contributed by atoms with Crippen LogP contribution in [0.15, 0.2) is 243 Å². The van der Waals surface area contributed by atoms with Crippen molar-refractivity contribution >= 4 is 33.7 Å². The molecule has 344 valence electrons. The van der Waals surface area contributed by atoms with Crippen LogP contribution in [0, 0.1) is 0 Å². The van der Waals surface area contributed by atoms with E-state index in [1.54, 1.807) is 12.1 Å². The van der Waals surface area contributed by atoms with E-state index >= 15 is 0 Å². The van der Waals surface area contributed by atoms with E-state index in [1.807, 2.05) is 73.1 Å². The molecule has 4 N–H and O–H groups in total. The van der Waals surface area contributed by atoms with Gasteiger partial charge in [-0.2, -0.15) is 0 Å². The first-order valence-electron chi connectivity index (χ1n) is 23.6. The zero-order chi connectivity index (χ0) is 47.6. The number of fused-ring (bicyclic) bond motifs is 2. The highest BCUT2D eigenvalue weighted by atomic mass is 16.5. The Morgan fingerprint density at radius 2 is 0.686 bits per heavy atom. The van der Waals surface area contributed by atoms with Crippen molar-refractivity contribution in [2.45, 2.75) is 23.9 Å². The number of carbonyl (C=O) groups is 2. The third kappa shape index (κ3) is 9.47. The fourth-order valence-electron chi connectivity index (χ4n) is 9.80. The predicted octanol–water partition coefficient (Wildman–Crippen LogP) is 12.0. The maximum absolute atomic E-state index is 13.1. The van der Waals surface area contributed by atoms with Crippen molar-refractivity contribution in [1.29, 1.82) is 0 Å². The summed E-state index contributed by atoms with van der Waals surface area (Å²) in [4.78, 5) is 32.9. The zero-order valence-electron chi connectivity index (χ0n) is 38.6. The molecule has 0 radical (unpaired) electrons. The fourth-order valence-corrected chi connectivity index (χ4v) is 9.80. The highest BCUT2D eigenvalue weighted by Gasteiger charge is 2.37. The Hall–Kier alpha value is -8.56. The summed E-state index contributed by atoms with van der Waals surface area (Å²) in [6.07, 6.45) is 7.58. The van der Waals surface area contributed by atoms with Crippen LogP contribution in [0.5, 0.6) is 11.5 Å². The lowest BCUT2D eigenvalue weighted by Gasteiger charge is -2.37. The summed E-state index contributed by atoms with van der Waals surface area (Å²) in [5.41, 5.74) is 9.64. The first-order chi connectivity index (χ1) is 34.5. The number of aromatic amines is 2. The van der Waals surface area contributed by atoms with Crippen molar-refractivity contribution in [3.8, 4) is 11.5 Å². The van der Waals surface area contributed by atoms with E-state index in [-0.39, 0.29) is 0 Å². The van der Waals surface area contributed by atoms with Gasteiger partial charge >= 0.3 is 11.9 Å². The molecule has 0 bridgehead atoms. The minimum absolute atomic E-state index is 0.366. The second-order valence-electron chi connectivity index (χ2n) is 17.3. The average Bonchev–Trinajstić information content (AvgIpc) is 4.02. The van der Waals surface area contributed by atoms with Crippen LogP contribution in [0.1, 0.15) is 44.5 Å². The van der Waals surface area contributed by atoms with Crippen LogP contribution in [0.3, 0.4) is 0 Å². The second kappa shape index (κ2) is 20.8. The van der Waals surface area contributed by atoms with Crippen molar-refractivity contribution in [3.05, 3.63) is 287 Å². The lowest BCUT2D eigenvalue weighted by Crippen LogP contribution is -2.45. The van der Waals surface area contributed by atoms with E-state index in [9.17, 15) is 9.59 Å². The monoisotopic (exact) mass is 916 g/mol. The number of hydrogen-bond donors (Lipinski definition) is 4. The molecular weight excluding hydrogens is 865 g/mol. The molecule has 8 aromatic carbocycles. The molecule has 10 rings (SSSR count). The van der Waals surface area contributed by atoms with Gasteiger partial charge in [-0.25, -0.2) is 9.59 Å². The van der Waals surface area contributed by atoms with E-state index in [1.165, 1.54) is 0 Å². The van der Waals surface area contributed by atoms with Gasteiger partial charge < -0.3 is 19.4 Å². The van der Waals surface area contributed by atoms with Crippen LogP contribution < -0.4 is 20.1 Å². The summed E-state index contributed by atoms with van der Waals surface area (Å²) in [5.74, 6) is -0.654. The molecule has 0 spiro atoms. The van der Waals surface area contributed by atoms with Gasteiger partial charge in [0.05, 0.1) is 11.1 Å². The van der Waals surface area contributed by atoms with Crippen LogP contribution in [0.2, 0.25) is 0 Å². The van der Waals surface area contributed by atoms with Gasteiger partial charge in [0.1, 0.15) is 11.5 Å². The quantitative estimate of drug-likeness (QED) is 0.0296. The average molecular weight is 917 g/mol. The van der Waals surface area contributed by atoms with Gasteiger partial charge in [-0.3, -0.25) is 10.6 Å². The van der Waals surface area contributed by atoms with Crippen molar-refractivity contribution in [2.75, 3.05) is 13.1 Å². The number of benzene rings is 8. The van der Waals surface area contributed by atoms with Crippen molar-refractivity contribution in [3.63, 3.8) is 0 Å². The van der Waals surface area contributed by atoms with Gasteiger partial charge in [-0.15, -0.1) is 0 Å². The Bertz CT molecular complexity index is 2930. The first kappa shape index (κ1) is 45.2. The molecule has 0 saturated carbocycles. The normalized spacial score (nSPS) is 11.8.